The summed E-state index contributed by atoms with van der Waals surface area (Å²) < 4.78 is 0. The van der Waals surface area contributed by atoms with E-state index in [0.29, 0.717) is 31.5 Å². The number of nitrogens with zero attached hydrogens (tertiary/aromatic N) is 1. The van der Waals surface area contributed by atoms with Crippen molar-refractivity contribution in [2.24, 2.45) is 5.92 Å². The minimum atomic E-state index is -1.36. The van der Waals surface area contributed by atoms with Gasteiger partial charge in [-0.2, -0.15) is 0 Å². The summed E-state index contributed by atoms with van der Waals surface area (Å²) in [5.74, 6) is -1.55. The highest BCUT2D eigenvalue weighted by Gasteiger charge is 2.31. The number of hydrogen-bond donors (Lipinski definition) is 2. The predicted molar refractivity (Wildman–Crippen MR) is 98.9 cm³/mol. The number of likely N-dealkylation sites (tertiary alicyclic amines) is 1. The number of carbonyl (C=O) groups is 2. The number of carboxylic acid groups (broad SMARTS) is 1. The van der Waals surface area contributed by atoms with Gasteiger partial charge in [-0.25, -0.2) is 4.79 Å². The summed E-state index contributed by atoms with van der Waals surface area (Å²) in [6.07, 6.45) is -0.371. The number of amides is 1. The maximum atomic E-state index is 13.1. The number of piperidine rings is 1. The van der Waals surface area contributed by atoms with Crippen molar-refractivity contribution in [1.29, 1.82) is 0 Å². The predicted octanol–water partition coefficient (Wildman–Crippen LogP) is 2.96. The van der Waals surface area contributed by atoms with Gasteiger partial charge in [0.2, 0.25) is 0 Å². The average Bonchev–Trinajstić information content (AvgIpc) is 2.67. The summed E-state index contributed by atoms with van der Waals surface area (Å²) >= 11 is 0. The third-order valence-electron chi connectivity index (χ3n) is 5.12. The van der Waals surface area contributed by atoms with Crippen LogP contribution < -0.4 is 0 Å². The first kappa shape index (κ1) is 18.1. The lowest BCUT2D eigenvalue weighted by atomic mass is 9.90. The molecule has 136 valence electrons. The summed E-state index contributed by atoms with van der Waals surface area (Å²) in [7, 11) is 0. The van der Waals surface area contributed by atoms with Gasteiger partial charge in [-0.1, -0.05) is 42.5 Å². The molecule has 26 heavy (non-hydrogen) atoms. The van der Waals surface area contributed by atoms with Gasteiger partial charge in [0.1, 0.15) is 0 Å². The Labute approximate surface area is 152 Å². The molecule has 1 unspecified atom stereocenters. The number of carboxylic acids is 1. The number of aryl methyl sites for hydroxylation is 1. The van der Waals surface area contributed by atoms with Crippen LogP contribution in [0.2, 0.25) is 0 Å². The van der Waals surface area contributed by atoms with E-state index < -0.39 is 12.1 Å². The summed E-state index contributed by atoms with van der Waals surface area (Å²) in [4.78, 5) is 25.8. The molecule has 1 saturated heterocycles. The fourth-order valence-electron chi connectivity index (χ4n) is 3.57. The zero-order valence-corrected chi connectivity index (χ0v) is 14.8. The Kier molecular flexibility index (Phi) is 5.38. The van der Waals surface area contributed by atoms with E-state index in [1.807, 2.05) is 55.5 Å². The van der Waals surface area contributed by atoms with Crippen LogP contribution >= 0.6 is 0 Å². The van der Waals surface area contributed by atoms with Crippen LogP contribution in [0.4, 0.5) is 0 Å². The minimum Gasteiger partial charge on any atom is -0.479 e. The molecule has 5 nitrogen and oxygen atoms in total. The third-order valence-corrected chi connectivity index (χ3v) is 5.12. The molecule has 3 rings (SSSR count). The topological polar surface area (TPSA) is 77.8 Å². The first-order chi connectivity index (χ1) is 12.5. The second-order valence-corrected chi connectivity index (χ2v) is 6.77. The fourth-order valence-corrected chi connectivity index (χ4v) is 3.57. The SMILES string of the molecule is Cc1ccccc1-c1ccccc1C(=O)N1CCC(C(O)C(=O)O)CC1. The van der Waals surface area contributed by atoms with Crippen molar-refractivity contribution in [2.75, 3.05) is 13.1 Å². The zero-order chi connectivity index (χ0) is 18.7. The number of benzene rings is 2. The Bertz CT molecular complexity index is 809. The van der Waals surface area contributed by atoms with Gasteiger partial charge >= 0.3 is 5.97 Å². The van der Waals surface area contributed by atoms with E-state index in [1.54, 1.807) is 4.90 Å². The number of aliphatic hydroxyl groups is 1. The van der Waals surface area contributed by atoms with Gasteiger partial charge in [0.05, 0.1) is 0 Å². The van der Waals surface area contributed by atoms with Crippen LogP contribution in [0.3, 0.4) is 0 Å². The van der Waals surface area contributed by atoms with Crippen molar-refractivity contribution >= 4 is 11.9 Å². The van der Waals surface area contributed by atoms with Crippen LogP contribution in [0, 0.1) is 12.8 Å². The molecule has 0 aliphatic carbocycles. The van der Waals surface area contributed by atoms with Crippen molar-refractivity contribution in [2.45, 2.75) is 25.9 Å². The van der Waals surface area contributed by atoms with Crippen LogP contribution in [-0.2, 0) is 4.79 Å². The van der Waals surface area contributed by atoms with E-state index in [0.717, 1.165) is 16.7 Å². The molecule has 0 bridgehead atoms. The van der Waals surface area contributed by atoms with E-state index in [9.17, 15) is 14.7 Å². The molecule has 1 heterocycles. The lowest BCUT2D eigenvalue weighted by Crippen LogP contribution is -2.43. The number of carbonyl (C=O) groups excluding carboxylic acids is 1. The average molecular weight is 353 g/mol. The van der Waals surface area contributed by atoms with Crippen molar-refractivity contribution in [1.82, 2.24) is 4.90 Å². The van der Waals surface area contributed by atoms with E-state index in [2.05, 4.69) is 0 Å². The third kappa shape index (κ3) is 3.63. The molecular weight excluding hydrogens is 330 g/mol. The second-order valence-electron chi connectivity index (χ2n) is 6.77. The van der Waals surface area contributed by atoms with Crippen LogP contribution in [0.1, 0.15) is 28.8 Å². The molecule has 5 heteroatoms. The van der Waals surface area contributed by atoms with E-state index in [-0.39, 0.29) is 11.8 Å². The molecule has 2 aromatic carbocycles. The molecule has 2 N–H and O–H groups in total. The molecule has 1 atom stereocenters. The van der Waals surface area contributed by atoms with Crippen LogP contribution in [0.15, 0.2) is 48.5 Å². The van der Waals surface area contributed by atoms with Gasteiger partial charge in [-0.3, -0.25) is 4.79 Å². The maximum Gasteiger partial charge on any atom is 0.332 e. The molecule has 1 fully saturated rings. The van der Waals surface area contributed by atoms with Crippen LogP contribution in [0.5, 0.6) is 0 Å². The number of rotatable bonds is 4. The van der Waals surface area contributed by atoms with Crippen LogP contribution in [0.25, 0.3) is 11.1 Å². The van der Waals surface area contributed by atoms with E-state index in [4.69, 9.17) is 5.11 Å². The molecule has 1 amide bonds. The summed E-state index contributed by atoms with van der Waals surface area (Å²) in [5.41, 5.74) is 3.70. The summed E-state index contributed by atoms with van der Waals surface area (Å²) in [6.45, 7) is 2.93. The standard InChI is InChI=1S/C21H23NO4/c1-14-6-2-3-7-16(14)17-8-4-5-9-18(17)20(24)22-12-10-15(11-13-22)19(23)21(25)26/h2-9,15,19,23H,10-13H2,1H3,(H,25,26). The molecule has 1 aliphatic heterocycles. The van der Waals surface area contributed by atoms with Crippen LogP contribution in [-0.4, -0.2) is 46.2 Å². The van der Waals surface area contributed by atoms with Crippen molar-refractivity contribution in [3.63, 3.8) is 0 Å². The lowest BCUT2D eigenvalue weighted by Gasteiger charge is -2.33. The Morgan fingerprint density at radius 2 is 1.58 bits per heavy atom. The smallest absolute Gasteiger partial charge is 0.332 e. The van der Waals surface area contributed by atoms with Crippen molar-refractivity contribution in [3.05, 3.63) is 59.7 Å². The molecule has 1 aliphatic rings. The molecule has 0 saturated carbocycles. The minimum absolute atomic E-state index is 0.0490. The maximum absolute atomic E-state index is 13.1. The molecular formula is C21H23NO4. The second kappa shape index (κ2) is 7.70. The van der Waals surface area contributed by atoms with E-state index in [1.165, 1.54) is 0 Å². The van der Waals surface area contributed by atoms with Gasteiger partial charge in [0.25, 0.3) is 5.91 Å². The highest BCUT2D eigenvalue weighted by atomic mass is 16.4. The summed E-state index contributed by atoms with van der Waals surface area (Å²) in [5, 5.41) is 18.7. The highest BCUT2D eigenvalue weighted by molar-refractivity contribution is 6.01. The Hall–Kier alpha value is -2.66. The number of aliphatic hydroxyl groups excluding tert-OH is 1. The Morgan fingerprint density at radius 1 is 1.00 bits per heavy atom. The van der Waals surface area contributed by atoms with Gasteiger partial charge in [0.15, 0.2) is 6.10 Å². The monoisotopic (exact) mass is 353 g/mol. The first-order valence-electron chi connectivity index (χ1n) is 8.84. The highest BCUT2D eigenvalue weighted by Crippen LogP contribution is 2.29. The summed E-state index contributed by atoms with van der Waals surface area (Å²) in [6, 6.07) is 15.5. The normalized spacial score (nSPS) is 16.3. The van der Waals surface area contributed by atoms with Crippen molar-refractivity contribution in [3.8, 4) is 11.1 Å². The Balaban J connectivity index is 1.80. The molecule has 0 radical (unpaired) electrons. The van der Waals surface area contributed by atoms with Gasteiger partial charge in [-0.05, 0) is 48.4 Å². The number of hydrogen-bond acceptors (Lipinski definition) is 3. The fraction of sp³-hybridized carbons (Fsp3) is 0.333. The van der Waals surface area contributed by atoms with E-state index >= 15 is 0 Å². The molecule has 2 aromatic rings. The Morgan fingerprint density at radius 3 is 2.19 bits per heavy atom. The molecule has 0 aromatic heterocycles. The van der Waals surface area contributed by atoms with Gasteiger partial charge in [0, 0.05) is 18.7 Å². The lowest BCUT2D eigenvalue weighted by molar-refractivity contribution is -0.150. The largest absolute Gasteiger partial charge is 0.479 e. The number of aliphatic carboxylic acids is 1. The van der Waals surface area contributed by atoms with Gasteiger partial charge < -0.3 is 15.1 Å². The van der Waals surface area contributed by atoms with Gasteiger partial charge in [-0.15, -0.1) is 0 Å². The van der Waals surface area contributed by atoms with Crippen molar-refractivity contribution < 1.29 is 19.8 Å². The quantitative estimate of drug-likeness (QED) is 0.886. The first-order valence-corrected chi connectivity index (χ1v) is 8.84. The molecule has 0 spiro atoms. The zero-order valence-electron chi connectivity index (χ0n) is 14.8.